The van der Waals surface area contributed by atoms with Crippen LogP contribution in [-0.2, 0) is 17.5 Å². The number of fused-ring (bicyclic) bond motifs is 1. The second-order valence-corrected chi connectivity index (χ2v) is 10.2. The number of carbonyl (C=O) groups is 1. The molecule has 2 aromatic carbocycles. The Kier molecular flexibility index (Phi) is 8.04. The van der Waals surface area contributed by atoms with Crippen LogP contribution >= 0.6 is 11.3 Å². The van der Waals surface area contributed by atoms with Gasteiger partial charge in [0.1, 0.15) is 5.75 Å². The number of carboxylic acid groups (broad SMARTS) is 1. The number of hydrogen-bond donors (Lipinski definition) is 1. The minimum absolute atomic E-state index is 0.203. The van der Waals surface area contributed by atoms with Crippen LogP contribution in [0.2, 0.25) is 0 Å². The van der Waals surface area contributed by atoms with Crippen LogP contribution in [0.1, 0.15) is 42.9 Å². The third-order valence-corrected chi connectivity index (χ3v) is 7.34. The number of unbranched alkanes of at least 4 members (excludes halogenated alkanes) is 1. The molecule has 1 aliphatic heterocycles. The number of carboxylic acids is 1. The fourth-order valence-electron chi connectivity index (χ4n) is 4.62. The molecule has 0 saturated carbocycles. The Labute approximate surface area is 212 Å². The molecule has 1 atom stereocenters. The lowest BCUT2D eigenvalue weighted by atomic mass is 10.0. The molecule has 0 amide bonds. The van der Waals surface area contributed by atoms with Gasteiger partial charge in [0.15, 0.2) is 11.7 Å². The monoisotopic (exact) mass is 521 g/mol. The van der Waals surface area contributed by atoms with Gasteiger partial charge in [-0.2, -0.15) is 13.2 Å². The van der Waals surface area contributed by atoms with Crippen molar-refractivity contribution in [3.8, 4) is 5.75 Å². The summed E-state index contributed by atoms with van der Waals surface area (Å²) in [7, 11) is 0. The van der Waals surface area contributed by atoms with Crippen molar-refractivity contribution in [3.05, 3.63) is 53.1 Å². The zero-order chi connectivity index (χ0) is 25.9. The standard InChI is InChI=1S/C26H30F3N3O3S/c1-3-4-5-20-15-31(14-18-10-17(2)11-21(12-18)35-16-24(33)34)8-9-32(20)25-30-22-7-6-19(26(27,28)29)13-23(22)36-25/h6-7,10-13,20H,3-5,8-9,14-16H2,1-2H3,(H,33,34)/t20-/m1/s1. The minimum atomic E-state index is -4.37. The van der Waals surface area contributed by atoms with Crippen molar-refractivity contribution in [1.82, 2.24) is 9.88 Å². The molecule has 1 N–H and O–H groups in total. The third kappa shape index (κ3) is 6.47. The van der Waals surface area contributed by atoms with E-state index in [2.05, 4.69) is 27.8 Å². The van der Waals surface area contributed by atoms with Crippen molar-refractivity contribution in [2.75, 3.05) is 31.1 Å². The maximum absolute atomic E-state index is 13.2. The maximum Gasteiger partial charge on any atom is 0.416 e. The van der Waals surface area contributed by atoms with Crippen molar-refractivity contribution in [2.24, 2.45) is 0 Å². The zero-order valence-electron chi connectivity index (χ0n) is 20.3. The molecule has 0 aliphatic carbocycles. The zero-order valence-corrected chi connectivity index (χ0v) is 21.2. The Morgan fingerprint density at radius 3 is 2.75 bits per heavy atom. The number of ether oxygens (including phenoxy) is 1. The molecule has 4 rings (SSSR count). The number of benzene rings is 2. The minimum Gasteiger partial charge on any atom is -0.482 e. The summed E-state index contributed by atoms with van der Waals surface area (Å²) in [5.41, 5.74) is 2.00. The topological polar surface area (TPSA) is 65.9 Å². The van der Waals surface area contributed by atoms with E-state index in [1.54, 1.807) is 0 Å². The Balaban J connectivity index is 1.50. The van der Waals surface area contributed by atoms with Crippen LogP contribution in [0.15, 0.2) is 36.4 Å². The van der Waals surface area contributed by atoms with Gasteiger partial charge in [0.25, 0.3) is 0 Å². The van der Waals surface area contributed by atoms with Gasteiger partial charge in [-0.3, -0.25) is 4.90 Å². The molecule has 10 heteroatoms. The predicted octanol–water partition coefficient (Wildman–Crippen LogP) is 5.97. The van der Waals surface area contributed by atoms with Crippen LogP contribution in [0.4, 0.5) is 18.3 Å². The number of piperazine rings is 1. The van der Waals surface area contributed by atoms with Crippen LogP contribution in [0.5, 0.6) is 5.75 Å². The number of alkyl halides is 3. The summed E-state index contributed by atoms with van der Waals surface area (Å²) < 4.78 is 45.4. The van der Waals surface area contributed by atoms with Crippen LogP contribution in [0.3, 0.4) is 0 Å². The fourth-order valence-corrected chi connectivity index (χ4v) is 5.72. The molecule has 0 radical (unpaired) electrons. The smallest absolute Gasteiger partial charge is 0.416 e. The Morgan fingerprint density at radius 2 is 2.03 bits per heavy atom. The lowest BCUT2D eigenvalue weighted by Crippen LogP contribution is -2.53. The van der Waals surface area contributed by atoms with Crippen molar-refractivity contribution >= 4 is 32.7 Å². The van der Waals surface area contributed by atoms with Gasteiger partial charge in [0, 0.05) is 32.2 Å². The average molecular weight is 522 g/mol. The van der Waals surface area contributed by atoms with E-state index in [-0.39, 0.29) is 12.6 Å². The number of hydrogen-bond acceptors (Lipinski definition) is 6. The molecule has 36 heavy (non-hydrogen) atoms. The first kappa shape index (κ1) is 26.2. The molecule has 3 aromatic rings. The number of rotatable bonds is 9. The van der Waals surface area contributed by atoms with Crippen molar-refractivity contribution in [3.63, 3.8) is 0 Å². The first-order valence-electron chi connectivity index (χ1n) is 12.0. The Bertz CT molecular complexity index is 1210. The Morgan fingerprint density at radius 1 is 1.22 bits per heavy atom. The maximum atomic E-state index is 13.2. The SMILES string of the molecule is CCCC[C@@H]1CN(Cc2cc(C)cc(OCC(=O)O)c2)CCN1c1nc2ccc(C(F)(F)F)cc2s1. The van der Waals surface area contributed by atoms with Gasteiger partial charge in [0.2, 0.25) is 0 Å². The van der Waals surface area contributed by atoms with Crippen molar-refractivity contribution < 1.29 is 27.8 Å². The van der Waals surface area contributed by atoms with E-state index in [0.29, 0.717) is 22.5 Å². The van der Waals surface area contributed by atoms with E-state index in [4.69, 9.17) is 9.84 Å². The van der Waals surface area contributed by atoms with Gasteiger partial charge in [0.05, 0.1) is 15.8 Å². The highest BCUT2D eigenvalue weighted by atomic mass is 32.1. The molecule has 0 bridgehead atoms. The normalized spacial score (nSPS) is 17.0. The van der Waals surface area contributed by atoms with Gasteiger partial charge >= 0.3 is 12.1 Å². The highest BCUT2D eigenvalue weighted by Gasteiger charge is 2.32. The summed E-state index contributed by atoms with van der Waals surface area (Å²) >= 11 is 1.32. The Hall–Kier alpha value is -2.85. The quantitative estimate of drug-likeness (QED) is 0.374. The molecule has 1 saturated heterocycles. The molecule has 6 nitrogen and oxygen atoms in total. The number of nitrogens with zero attached hydrogens (tertiary/aromatic N) is 3. The summed E-state index contributed by atoms with van der Waals surface area (Å²) in [4.78, 5) is 20.1. The number of aliphatic carboxylic acids is 1. The van der Waals surface area contributed by atoms with Gasteiger partial charge < -0.3 is 14.7 Å². The highest BCUT2D eigenvalue weighted by molar-refractivity contribution is 7.22. The van der Waals surface area contributed by atoms with E-state index in [1.807, 2.05) is 19.1 Å². The molecule has 0 unspecified atom stereocenters. The second-order valence-electron chi connectivity index (χ2n) is 9.24. The predicted molar refractivity (Wildman–Crippen MR) is 135 cm³/mol. The lowest BCUT2D eigenvalue weighted by Gasteiger charge is -2.41. The van der Waals surface area contributed by atoms with Crippen LogP contribution < -0.4 is 9.64 Å². The molecule has 194 valence electrons. The van der Waals surface area contributed by atoms with Crippen molar-refractivity contribution in [1.29, 1.82) is 0 Å². The highest BCUT2D eigenvalue weighted by Crippen LogP contribution is 2.37. The van der Waals surface area contributed by atoms with E-state index >= 15 is 0 Å². The molecular weight excluding hydrogens is 491 g/mol. The molecule has 1 aromatic heterocycles. The van der Waals surface area contributed by atoms with Crippen LogP contribution in [-0.4, -0.2) is 53.2 Å². The number of aromatic nitrogens is 1. The second kappa shape index (κ2) is 11.0. The molecule has 1 fully saturated rings. The van der Waals surface area contributed by atoms with E-state index in [9.17, 15) is 18.0 Å². The van der Waals surface area contributed by atoms with Gasteiger partial charge in [-0.15, -0.1) is 0 Å². The first-order valence-corrected chi connectivity index (χ1v) is 12.9. The van der Waals surface area contributed by atoms with E-state index in [0.717, 1.165) is 61.2 Å². The molecular formula is C26H30F3N3O3S. The summed E-state index contributed by atoms with van der Waals surface area (Å²) in [6, 6.07) is 9.73. The van der Waals surface area contributed by atoms with E-state index < -0.39 is 17.7 Å². The largest absolute Gasteiger partial charge is 0.482 e. The van der Waals surface area contributed by atoms with Gasteiger partial charge in [-0.1, -0.05) is 37.2 Å². The number of halogens is 3. The molecule has 0 spiro atoms. The summed E-state index contributed by atoms with van der Waals surface area (Å²) in [6.07, 6.45) is -1.30. The summed E-state index contributed by atoms with van der Waals surface area (Å²) in [5.74, 6) is -0.473. The number of thiazole rings is 1. The van der Waals surface area contributed by atoms with Crippen LogP contribution in [0, 0.1) is 6.92 Å². The summed E-state index contributed by atoms with van der Waals surface area (Å²) in [6.45, 7) is 6.75. The van der Waals surface area contributed by atoms with Gasteiger partial charge in [-0.05, 0) is 54.8 Å². The molecule has 1 aliphatic rings. The average Bonchev–Trinajstić information content (AvgIpc) is 3.24. The van der Waals surface area contributed by atoms with Crippen molar-refractivity contribution in [2.45, 2.75) is 51.9 Å². The van der Waals surface area contributed by atoms with Gasteiger partial charge in [-0.25, -0.2) is 9.78 Å². The summed E-state index contributed by atoms with van der Waals surface area (Å²) in [5, 5.41) is 9.67. The first-order chi connectivity index (χ1) is 17.1. The third-order valence-electron chi connectivity index (χ3n) is 6.29. The van der Waals surface area contributed by atoms with Crippen LogP contribution in [0.25, 0.3) is 10.2 Å². The molecule has 2 heterocycles. The fraction of sp³-hybridized carbons (Fsp3) is 0.462. The number of aryl methyl sites for hydroxylation is 1. The number of anilines is 1. The lowest BCUT2D eigenvalue weighted by molar-refractivity contribution is -0.139. The van der Waals surface area contributed by atoms with E-state index in [1.165, 1.54) is 23.5 Å².